The van der Waals surface area contributed by atoms with Gasteiger partial charge in [-0.15, -0.1) is 11.3 Å². The van der Waals surface area contributed by atoms with Crippen LogP contribution >= 0.6 is 11.3 Å². The third-order valence-corrected chi connectivity index (χ3v) is 3.63. The molecular weight excluding hydrogens is 180 g/mol. The Morgan fingerprint density at radius 3 is 3.15 bits per heavy atom. The second kappa shape index (κ2) is 3.76. The van der Waals surface area contributed by atoms with Crippen LogP contribution in [0.3, 0.4) is 0 Å². The van der Waals surface area contributed by atoms with Gasteiger partial charge in [0.1, 0.15) is 0 Å². The van der Waals surface area contributed by atoms with Gasteiger partial charge in [-0.3, -0.25) is 0 Å². The summed E-state index contributed by atoms with van der Waals surface area (Å²) in [4.78, 5) is 4.52. The number of thiazole rings is 1. The summed E-state index contributed by atoms with van der Waals surface area (Å²) < 4.78 is 0. The Morgan fingerprint density at radius 1 is 1.69 bits per heavy atom. The van der Waals surface area contributed by atoms with Gasteiger partial charge in [0.2, 0.25) is 0 Å². The molecule has 1 heterocycles. The molecule has 2 rings (SSSR count). The summed E-state index contributed by atoms with van der Waals surface area (Å²) in [6.07, 6.45) is 1.33. The van der Waals surface area contributed by atoms with E-state index in [-0.39, 0.29) is 0 Å². The quantitative estimate of drug-likeness (QED) is 0.798. The van der Waals surface area contributed by atoms with Gasteiger partial charge in [-0.1, -0.05) is 6.92 Å². The van der Waals surface area contributed by atoms with Crippen LogP contribution in [0.25, 0.3) is 0 Å². The number of aryl methyl sites for hydroxylation is 1. The van der Waals surface area contributed by atoms with E-state index in [4.69, 9.17) is 0 Å². The lowest BCUT2D eigenvalue weighted by atomic mass is 10.3. The van der Waals surface area contributed by atoms with Gasteiger partial charge >= 0.3 is 0 Å². The van der Waals surface area contributed by atoms with Crippen molar-refractivity contribution in [3.05, 3.63) is 16.1 Å². The first-order chi connectivity index (χ1) is 6.31. The summed E-state index contributed by atoms with van der Waals surface area (Å²) in [5, 5.41) is 6.89. The minimum Gasteiger partial charge on any atom is -0.317 e. The zero-order valence-electron chi connectivity index (χ0n) is 8.21. The fourth-order valence-electron chi connectivity index (χ4n) is 1.65. The van der Waals surface area contributed by atoms with Crippen LogP contribution in [0.15, 0.2) is 5.38 Å². The largest absolute Gasteiger partial charge is 0.317 e. The lowest BCUT2D eigenvalue weighted by molar-refractivity contribution is 0.648. The van der Waals surface area contributed by atoms with E-state index < -0.39 is 0 Å². The van der Waals surface area contributed by atoms with Crippen molar-refractivity contribution in [2.45, 2.75) is 26.2 Å². The molecule has 1 fully saturated rings. The smallest absolute Gasteiger partial charge is 0.0962 e. The highest BCUT2D eigenvalue weighted by molar-refractivity contribution is 7.09. The normalized spacial score (nSPS) is 26.3. The van der Waals surface area contributed by atoms with Gasteiger partial charge in [-0.25, -0.2) is 4.98 Å². The highest BCUT2D eigenvalue weighted by Crippen LogP contribution is 2.47. The van der Waals surface area contributed by atoms with E-state index in [9.17, 15) is 0 Å². The summed E-state index contributed by atoms with van der Waals surface area (Å²) >= 11 is 1.82. The number of rotatable bonds is 4. The molecule has 1 N–H and O–H groups in total. The summed E-state index contributed by atoms with van der Waals surface area (Å²) in [6.45, 7) is 6.48. The Bertz CT molecular complexity index is 282. The van der Waals surface area contributed by atoms with Crippen molar-refractivity contribution < 1.29 is 0 Å². The maximum Gasteiger partial charge on any atom is 0.0962 e. The summed E-state index contributed by atoms with van der Waals surface area (Å²) in [5.41, 5.74) is 1.18. The molecule has 0 saturated heterocycles. The lowest BCUT2D eigenvalue weighted by Gasteiger charge is -1.97. The molecule has 2 atom stereocenters. The maximum absolute atomic E-state index is 4.52. The van der Waals surface area contributed by atoms with Crippen molar-refractivity contribution in [1.82, 2.24) is 10.3 Å². The van der Waals surface area contributed by atoms with Gasteiger partial charge in [0.15, 0.2) is 0 Å². The minimum atomic E-state index is 0.762. The molecule has 2 unspecified atom stereocenters. The SMILES string of the molecule is CCNCC1CC1c1nc(C)cs1. The third kappa shape index (κ3) is 2.09. The third-order valence-electron chi connectivity index (χ3n) is 2.53. The van der Waals surface area contributed by atoms with Gasteiger partial charge < -0.3 is 5.32 Å². The first kappa shape index (κ1) is 9.16. The molecule has 0 amide bonds. The average molecular weight is 196 g/mol. The Labute approximate surface area is 83.4 Å². The predicted molar refractivity (Wildman–Crippen MR) is 56.2 cm³/mol. The Hall–Kier alpha value is -0.410. The van der Waals surface area contributed by atoms with Crippen molar-refractivity contribution in [2.75, 3.05) is 13.1 Å². The Balaban J connectivity index is 1.85. The lowest BCUT2D eigenvalue weighted by Crippen LogP contribution is -2.16. The standard InChI is InChI=1S/C10H16N2S/c1-3-11-5-8-4-9(8)10-12-7(2)6-13-10/h6,8-9,11H,3-5H2,1-2H3. The molecule has 0 radical (unpaired) electrons. The fraction of sp³-hybridized carbons (Fsp3) is 0.700. The first-order valence-corrected chi connectivity index (χ1v) is 5.82. The molecule has 0 spiro atoms. The van der Waals surface area contributed by atoms with Crippen LogP contribution in [-0.4, -0.2) is 18.1 Å². The van der Waals surface area contributed by atoms with Gasteiger partial charge in [0.05, 0.1) is 5.01 Å². The molecule has 0 bridgehead atoms. The molecule has 72 valence electrons. The van der Waals surface area contributed by atoms with E-state index in [0.29, 0.717) is 0 Å². The van der Waals surface area contributed by atoms with Gasteiger partial charge in [-0.2, -0.15) is 0 Å². The second-order valence-electron chi connectivity index (χ2n) is 3.74. The van der Waals surface area contributed by atoms with Crippen LogP contribution in [0.1, 0.15) is 30.0 Å². The van der Waals surface area contributed by atoms with E-state index >= 15 is 0 Å². The summed E-state index contributed by atoms with van der Waals surface area (Å²) in [5.74, 6) is 1.61. The van der Waals surface area contributed by atoms with Gasteiger partial charge in [-0.05, 0) is 32.4 Å². The van der Waals surface area contributed by atoms with E-state index in [0.717, 1.165) is 18.4 Å². The highest BCUT2D eigenvalue weighted by atomic mass is 32.1. The van der Waals surface area contributed by atoms with Crippen molar-refractivity contribution >= 4 is 11.3 Å². The number of nitrogens with zero attached hydrogens (tertiary/aromatic N) is 1. The van der Waals surface area contributed by atoms with Crippen LogP contribution in [0.4, 0.5) is 0 Å². The van der Waals surface area contributed by atoms with E-state index in [1.54, 1.807) is 0 Å². The van der Waals surface area contributed by atoms with Crippen molar-refractivity contribution in [3.63, 3.8) is 0 Å². The Morgan fingerprint density at radius 2 is 2.54 bits per heavy atom. The number of aromatic nitrogens is 1. The van der Waals surface area contributed by atoms with Crippen molar-refractivity contribution in [1.29, 1.82) is 0 Å². The molecule has 2 nitrogen and oxygen atoms in total. The number of hydrogen-bond donors (Lipinski definition) is 1. The fourth-order valence-corrected chi connectivity index (χ4v) is 2.65. The van der Waals surface area contributed by atoms with Gasteiger partial charge in [0.25, 0.3) is 0 Å². The van der Waals surface area contributed by atoms with E-state index in [2.05, 4.69) is 29.5 Å². The molecule has 0 aromatic carbocycles. The molecule has 1 saturated carbocycles. The molecule has 1 aliphatic carbocycles. The average Bonchev–Trinajstić information content (AvgIpc) is 2.78. The van der Waals surface area contributed by atoms with Crippen molar-refractivity contribution in [3.8, 4) is 0 Å². The molecule has 13 heavy (non-hydrogen) atoms. The molecule has 3 heteroatoms. The van der Waals surface area contributed by atoms with Crippen LogP contribution in [0.2, 0.25) is 0 Å². The van der Waals surface area contributed by atoms with E-state index in [1.165, 1.54) is 23.7 Å². The molecule has 0 aliphatic heterocycles. The topological polar surface area (TPSA) is 24.9 Å². The van der Waals surface area contributed by atoms with Crippen LogP contribution in [0.5, 0.6) is 0 Å². The summed E-state index contributed by atoms with van der Waals surface area (Å²) in [7, 11) is 0. The number of hydrogen-bond acceptors (Lipinski definition) is 3. The zero-order valence-corrected chi connectivity index (χ0v) is 9.03. The maximum atomic E-state index is 4.52. The molecule has 1 aromatic heterocycles. The molecule has 1 aliphatic rings. The van der Waals surface area contributed by atoms with Crippen LogP contribution in [-0.2, 0) is 0 Å². The summed E-state index contributed by atoms with van der Waals surface area (Å²) in [6, 6.07) is 0. The monoisotopic (exact) mass is 196 g/mol. The van der Waals surface area contributed by atoms with Crippen molar-refractivity contribution in [2.24, 2.45) is 5.92 Å². The number of nitrogens with one attached hydrogen (secondary N) is 1. The first-order valence-electron chi connectivity index (χ1n) is 4.94. The predicted octanol–water partition coefficient (Wildman–Crippen LogP) is 2.16. The molecular formula is C10H16N2S. The van der Waals surface area contributed by atoms with Gasteiger partial charge in [0, 0.05) is 17.0 Å². The van der Waals surface area contributed by atoms with Crippen LogP contribution in [0, 0.1) is 12.8 Å². The Kier molecular flexibility index (Phi) is 2.65. The second-order valence-corrected chi connectivity index (χ2v) is 4.63. The highest BCUT2D eigenvalue weighted by Gasteiger charge is 2.39. The minimum absolute atomic E-state index is 0.762. The molecule has 1 aromatic rings. The zero-order chi connectivity index (χ0) is 9.26. The van der Waals surface area contributed by atoms with Crippen LogP contribution < -0.4 is 5.32 Å². The van der Waals surface area contributed by atoms with E-state index in [1.807, 2.05) is 11.3 Å².